The van der Waals surface area contributed by atoms with Crippen molar-refractivity contribution in [2.75, 3.05) is 26.2 Å². The maximum Gasteiger partial charge on any atom is 0.257 e. The summed E-state index contributed by atoms with van der Waals surface area (Å²) in [6.45, 7) is 5.92. The van der Waals surface area contributed by atoms with E-state index in [1.807, 2.05) is 31.0 Å². The lowest BCUT2D eigenvalue weighted by atomic mass is 10.2. The van der Waals surface area contributed by atoms with Crippen LogP contribution >= 0.6 is 0 Å². The first-order valence-electron chi connectivity index (χ1n) is 8.29. The van der Waals surface area contributed by atoms with E-state index in [9.17, 15) is 9.18 Å². The van der Waals surface area contributed by atoms with E-state index < -0.39 is 0 Å². The number of carbonyl (C=O) groups is 1. The van der Waals surface area contributed by atoms with Gasteiger partial charge in [0.15, 0.2) is 0 Å². The highest BCUT2D eigenvalue weighted by atomic mass is 19.1. The van der Waals surface area contributed by atoms with Gasteiger partial charge >= 0.3 is 0 Å². The van der Waals surface area contributed by atoms with E-state index in [1.54, 1.807) is 10.9 Å². The summed E-state index contributed by atoms with van der Waals surface area (Å²) in [6.07, 6.45) is 2.59. The monoisotopic (exact) mass is 330 g/mol. The van der Waals surface area contributed by atoms with Crippen LogP contribution in [-0.4, -0.2) is 51.7 Å². The molecule has 6 heteroatoms. The number of nitrogens with zero attached hydrogens (tertiary/aromatic N) is 4. The molecule has 128 valence electrons. The van der Waals surface area contributed by atoms with Crippen LogP contribution in [0.5, 0.6) is 0 Å². The number of carbonyl (C=O) groups excluding carboxylic acids is 1. The van der Waals surface area contributed by atoms with Gasteiger partial charge in [0.2, 0.25) is 0 Å². The van der Waals surface area contributed by atoms with Gasteiger partial charge in [-0.2, -0.15) is 5.10 Å². The molecule has 24 heavy (non-hydrogen) atoms. The van der Waals surface area contributed by atoms with E-state index >= 15 is 0 Å². The number of halogens is 1. The molecule has 3 rings (SSSR count). The van der Waals surface area contributed by atoms with Crippen molar-refractivity contribution >= 4 is 5.91 Å². The molecule has 1 aromatic heterocycles. The van der Waals surface area contributed by atoms with Gasteiger partial charge in [-0.25, -0.2) is 4.39 Å². The molecule has 5 nitrogen and oxygen atoms in total. The van der Waals surface area contributed by atoms with Gasteiger partial charge in [-0.05, 0) is 31.0 Å². The molecule has 1 amide bonds. The standard InChI is InChI=1S/C18H23FN4O/c1-14-17(12-20-21(14)2)18(24)23-9-3-8-22(10-11-23)13-15-4-6-16(19)7-5-15/h4-7,12H,3,8-11,13H2,1-2H3. The summed E-state index contributed by atoms with van der Waals surface area (Å²) in [5.74, 6) is -0.150. The molecule has 2 heterocycles. The van der Waals surface area contributed by atoms with E-state index in [0.29, 0.717) is 12.1 Å². The molecule has 1 aliphatic heterocycles. The van der Waals surface area contributed by atoms with Crippen molar-refractivity contribution in [1.29, 1.82) is 0 Å². The summed E-state index contributed by atoms with van der Waals surface area (Å²) in [4.78, 5) is 16.9. The minimum atomic E-state index is -0.210. The third-order valence-corrected chi connectivity index (χ3v) is 4.66. The summed E-state index contributed by atoms with van der Waals surface area (Å²) < 4.78 is 14.7. The Bertz CT molecular complexity index is 710. The Hall–Kier alpha value is -2.21. The first-order valence-corrected chi connectivity index (χ1v) is 8.29. The molecule has 0 atom stereocenters. The lowest BCUT2D eigenvalue weighted by Gasteiger charge is -2.22. The van der Waals surface area contributed by atoms with E-state index in [4.69, 9.17) is 0 Å². The predicted molar refractivity (Wildman–Crippen MR) is 90.1 cm³/mol. The third-order valence-electron chi connectivity index (χ3n) is 4.66. The highest BCUT2D eigenvalue weighted by Gasteiger charge is 2.23. The summed E-state index contributed by atoms with van der Waals surface area (Å²) >= 11 is 0. The largest absolute Gasteiger partial charge is 0.337 e. The number of amides is 1. The molecule has 0 bridgehead atoms. The number of hydrogen-bond acceptors (Lipinski definition) is 3. The van der Waals surface area contributed by atoms with Gasteiger partial charge in [-0.1, -0.05) is 12.1 Å². The van der Waals surface area contributed by atoms with Crippen LogP contribution in [0.25, 0.3) is 0 Å². The summed E-state index contributed by atoms with van der Waals surface area (Å²) in [5.41, 5.74) is 2.68. The van der Waals surface area contributed by atoms with Crippen LogP contribution in [0.4, 0.5) is 4.39 Å². The van der Waals surface area contributed by atoms with Crippen LogP contribution in [0.3, 0.4) is 0 Å². The van der Waals surface area contributed by atoms with Crippen molar-refractivity contribution in [2.24, 2.45) is 7.05 Å². The van der Waals surface area contributed by atoms with Crippen molar-refractivity contribution in [2.45, 2.75) is 19.9 Å². The van der Waals surface area contributed by atoms with Gasteiger partial charge in [0.1, 0.15) is 5.82 Å². The van der Waals surface area contributed by atoms with Crippen LogP contribution in [-0.2, 0) is 13.6 Å². The average molecular weight is 330 g/mol. The van der Waals surface area contributed by atoms with Crippen molar-refractivity contribution in [3.8, 4) is 0 Å². The number of aryl methyl sites for hydroxylation is 1. The van der Waals surface area contributed by atoms with E-state index in [2.05, 4.69) is 10.00 Å². The summed E-state index contributed by atoms with van der Waals surface area (Å²) in [7, 11) is 1.85. The number of hydrogen-bond donors (Lipinski definition) is 0. The molecular formula is C18H23FN4O. The molecule has 1 fully saturated rings. The predicted octanol–water partition coefficient (Wildman–Crippen LogP) is 2.22. The molecule has 0 saturated carbocycles. The minimum absolute atomic E-state index is 0.0595. The topological polar surface area (TPSA) is 41.4 Å². The molecular weight excluding hydrogens is 307 g/mol. The number of rotatable bonds is 3. The molecule has 0 spiro atoms. The number of aromatic nitrogens is 2. The van der Waals surface area contributed by atoms with Crippen LogP contribution in [0.2, 0.25) is 0 Å². The Balaban J connectivity index is 1.61. The van der Waals surface area contributed by atoms with Crippen molar-refractivity contribution < 1.29 is 9.18 Å². The van der Waals surface area contributed by atoms with Gasteiger partial charge < -0.3 is 4.90 Å². The fourth-order valence-electron chi connectivity index (χ4n) is 3.06. The molecule has 0 aliphatic carbocycles. The Morgan fingerprint density at radius 1 is 1.17 bits per heavy atom. The quantitative estimate of drug-likeness (QED) is 0.866. The molecule has 1 aliphatic rings. The summed E-state index contributed by atoms with van der Waals surface area (Å²) in [6, 6.07) is 6.63. The second kappa shape index (κ2) is 7.13. The minimum Gasteiger partial charge on any atom is -0.337 e. The Morgan fingerprint density at radius 3 is 2.58 bits per heavy atom. The third kappa shape index (κ3) is 3.64. The Morgan fingerprint density at radius 2 is 1.92 bits per heavy atom. The number of benzene rings is 1. The molecule has 0 radical (unpaired) electrons. The van der Waals surface area contributed by atoms with E-state index in [-0.39, 0.29) is 11.7 Å². The normalized spacial score (nSPS) is 16.2. The van der Waals surface area contributed by atoms with Gasteiger partial charge in [0, 0.05) is 45.5 Å². The lowest BCUT2D eigenvalue weighted by molar-refractivity contribution is 0.0760. The zero-order valence-corrected chi connectivity index (χ0v) is 14.2. The smallest absolute Gasteiger partial charge is 0.257 e. The molecule has 0 unspecified atom stereocenters. The molecule has 0 N–H and O–H groups in total. The van der Waals surface area contributed by atoms with Gasteiger partial charge in [-0.3, -0.25) is 14.4 Å². The van der Waals surface area contributed by atoms with Gasteiger partial charge in [-0.15, -0.1) is 0 Å². The first kappa shape index (κ1) is 16.6. The average Bonchev–Trinajstić information content (AvgIpc) is 2.77. The highest BCUT2D eigenvalue weighted by molar-refractivity contribution is 5.95. The zero-order valence-electron chi connectivity index (χ0n) is 14.2. The van der Waals surface area contributed by atoms with Crippen LogP contribution in [0, 0.1) is 12.7 Å². The fourth-order valence-corrected chi connectivity index (χ4v) is 3.06. The Labute approximate surface area is 141 Å². The molecule has 2 aromatic rings. The van der Waals surface area contributed by atoms with Crippen LogP contribution in [0.15, 0.2) is 30.5 Å². The zero-order chi connectivity index (χ0) is 17.1. The van der Waals surface area contributed by atoms with Gasteiger partial charge in [0.25, 0.3) is 5.91 Å². The Kier molecular flexibility index (Phi) is 4.94. The first-order chi connectivity index (χ1) is 11.5. The van der Waals surface area contributed by atoms with Crippen molar-refractivity contribution in [1.82, 2.24) is 19.6 Å². The van der Waals surface area contributed by atoms with Crippen molar-refractivity contribution in [3.63, 3.8) is 0 Å². The maximum atomic E-state index is 13.0. The van der Waals surface area contributed by atoms with E-state index in [0.717, 1.165) is 43.9 Å². The maximum absolute atomic E-state index is 13.0. The second-order valence-electron chi connectivity index (χ2n) is 6.32. The van der Waals surface area contributed by atoms with E-state index in [1.165, 1.54) is 12.1 Å². The SMILES string of the molecule is Cc1c(C(=O)N2CCCN(Cc3ccc(F)cc3)CC2)cnn1C. The van der Waals surface area contributed by atoms with Gasteiger partial charge in [0.05, 0.1) is 11.8 Å². The summed E-state index contributed by atoms with van der Waals surface area (Å²) in [5, 5.41) is 4.16. The molecule has 1 saturated heterocycles. The van der Waals surface area contributed by atoms with Crippen molar-refractivity contribution in [3.05, 3.63) is 53.1 Å². The van der Waals surface area contributed by atoms with Crippen LogP contribution < -0.4 is 0 Å². The highest BCUT2D eigenvalue weighted by Crippen LogP contribution is 2.14. The van der Waals surface area contributed by atoms with Crippen LogP contribution in [0.1, 0.15) is 28.0 Å². The fraction of sp³-hybridized carbons (Fsp3) is 0.444. The molecule has 1 aromatic carbocycles. The lowest BCUT2D eigenvalue weighted by Crippen LogP contribution is -2.35. The second-order valence-corrected chi connectivity index (χ2v) is 6.32.